The van der Waals surface area contributed by atoms with Gasteiger partial charge in [-0.05, 0) is 13.0 Å². The lowest BCUT2D eigenvalue weighted by Gasteiger charge is -2.39. The van der Waals surface area contributed by atoms with Gasteiger partial charge in [0.15, 0.2) is 6.23 Å². The first-order valence-electron chi connectivity index (χ1n) is 5.33. The molecule has 1 fully saturated rings. The van der Waals surface area contributed by atoms with Crippen LogP contribution in [-0.4, -0.2) is 55.9 Å². The van der Waals surface area contributed by atoms with E-state index in [0.717, 1.165) is 0 Å². The first-order valence-corrected chi connectivity index (χ1v) is 5.33. The zero-order valence-electron chi connectivity index (χ0n) is 9.26. The van der Waals surface area contributed by atoms with E-state index in [1.54, 1.807) is 25.4 Å². The lowest BCUT2D eigenvalue weighted by Crippen LogP contribution is -2.58. The molecule has 1 aromatic rings. The Bertz CT molecular complexity index is 364. The van der Waals surface area contributed by atoms with E-state index in [1.807, 2.05) is 0 Å². The Kier molecular flexibility index (Phi) is 3.53. The number of hydrogen-bond acceptors (Lipinski definition) is 7. The highest BCUT2D eigenvalue weighted by Gasteiger charge is 2.41. The third-order valence-corrected chi connectivity index (χ3v) is 2.69. The van der Waals surface area contributed by atoms with Crippen molar-refractivity contribution in [1.29, 1.82) is 0 Å². The average Bonchev–Trinajstić information content (AvgIpc) is 2.35. The molecule has 7 nitrogen and oxygen atoms in total. The lowest BCUT2D eigenvalue weighted by atomic mass is 9.99. The van der Waals surface area contributed by atoms with E-state index in [1.165, 1.54) is 0 Å². The van der Waals surface area contributed by atoms with Gasteiger partial charge in [0.05, 0.1) is 6.10 Å². The van der Waals surface area contributed by atoms with Crippen molar-refractivity contribution < 1.29 is 20.1 Å². The minimum atomic E-state index is -1.26. The van der Waals surface area contributed by atoms with Crippen molar-refractivity contribution in [2.45, 2.75) is 37.6 Å². The smallest absolute Gasteiger partial charge is 0.224 e. The fourth-order valence-electron chi connectivity index (χ4n) is 1.67. The van der Waals surface area contributed by atoms with Gasteiger partial charge in [0.1, 0.15) is 18.3 Å². The number of anilines is 1. The average molecular weight is 241 g/mol. The first-order chi connectivity index (χ1) is 8.09. The van der Waals surface area contributed by atoms with Crippen LogP contribution in [-0.2, 0) is 4.74 Å². The Labute approximate surface area is 98.1 Å². The van der Waals surface area contributed by atoms with Crippen molar-refractivity contribution in [2.75, 3.05) is 5.32 Å². The quantitative estimate of drug-likeness (QED) is 0.510. The summed E-state index contributed by atoms with van der Waals surface area (Å²) in [5, 5.41) is 31.6. The molecule has 0 aliphatic carbocycles. The van der Waals surface area contributed by atoms with Crippen LogP contribution in [0.25, 0.3) is 0 Å². The van der Waals surface area contributed by atoms with Crippen LogP contribution in [0.1, 0.15) is 6.92 Å². The van der Waals surface area contributed by atoms with Crippen LogP contribution in [0.4, 0.5) is 5.95 Å². The molecule has 0 saturated carbocycles. The molecule has 1 aliphatic rings. The Morgan fingerprint density at radius 1 is 1.12 bits per heavy atom. The first kappa shape index (κ1) is 12.2. The van der Waals surface area contributed by atoms with E-state index < -0.39 is 30.6 Å². The molecule has 17 heavy (non-hydrogen) atoms. The van der Waals surface area contributed by atoms with Crippen LogP contribution in [0.5, 0.6) is 0 Å². The third kappa shape index (κ3) is 2.52. The van der Waals surface area contributed by atoms with Crippen LogP contribution in [0, 0.1) is 0 Å². The summed E-state index contributed by atoms with van der Waals surface area (Å²) in [6, 6.07) is 1.66. The fraction of sp³-hybridized carbons (Fsp3) is 0.600. The van der Waals surface area contributed by atoms with E-state index in [4.69, 9.17) is 4.74 Å². The van der Waals surface area contributed by atoms with Crippen molar-refractivity contribution >= 4 is 5.95 Å². The molecule has 1 aliphatic heterocycles. The Morgan fingerprint density at radius 3 is 2.41 bits per heavy atom. The van der Waals surface area contributed by atoms with Crippen LogP contribution in [0.15, 0.2) is 18.5 Å². The van der Waals surface area contributed by atoms with E-state index in [2.05, 4.69) is 15.3 Å². The van der Waals surface area contributed by atoms with Crippen molar-refractivity contribution in [3.63, 3.8) is 0 Å². The van der Waals surface area contributed by atoms with E-state index in [0.29, 0.717) is 0 Å². The Balaban J connectivity index is 2.06. The number of nitrogens with one attached hydrogen (secondary N) is 1. The van der Waals surface area contributed by atoms with Gasteiger partial charge in [-0.3, -0.25) is 0 Å². The largest absolute Gasteiger partial charge is 0.388 e. The maximum Gasteiger partial charge on any atom is 0.224 e. The van der Waals surface area contributed by atoms with Gasteiger partial charge in [0.25, 0.3) is 0 Å². The summed E-state index contributed by atoms with van der Waals surface area (Å²) in [6.07, 6.45) is -1.98. The molecular formula is C10H15N3O4. The van der Waals surface area contributed by atoms with E-state index in [-0.39, 0.29) is 5.95 Å². The highest BCUT2D eigenvalue weighted by Crippen LogP contribution is 2.21. The van der Waals surface area contributed by atoms with Crippen molar-refractivity contribution in [3.05, 3.63) is 18.5 Å². The topological polar surface area (TPSA) is 108 Å². The molecule has 0 unspecified atom stereocenters. The number of aliphatic hydroxyl groups is 3. The third-order valence-electron chi connectivity index (χ3n) is 2.69. The summed E-state index contributed by atoms with van der Waals surface area (Å²) < 4.78 is 5.33. The molecule has 0 radical (unpaired) electrons. The number of aliphatic hydroxyl groups excluding tert-OH is 3. The van der Waals surface area contributed by atoms with E-state index in [9.17, 15) is 15.3 Å². The standard InChI is InChI=1S/C10H15N3O4/c1-5-6(14)7(15)8(16)9(17-5)13-10-11-3-2-4-12-10/h2-9,14-16H,1H3,(H,11,12,13)/t5-,6-,7+,8+,9-/m0/s1. The van der Waals surface area contributed by atoms with Gasteiger partial charge < -0.3 is 25.4 Å². The number of aromatic nitrogens is 2. The number of nitrogens with zero attached hydrogens (tertiary/aromatic N) is 2. The van der Waals surface area contributed by atoms with Gasteiger partial charge >= 0.3 is 0 Å². The molecule has 94 valence electrons. The zero-order chi connectivity index (χ0) is 12.4. The summed E-state index contributed by atoms with van der Waals surface area (Å²) in [6.45, 7) is 1.61. The summed E-state index contributed by atoms with van der Waals surface area (Å²) in [5.41, 5.74) is 0. The van der Waals surface area contributed by atoms with Crippen LogP contribution in [0.2, 0.25) is 0 Å². The molecule has 4 N–H and O–H groups in total. The van der Waals surface area contributed by atoms with Crippen molar-refractivity contribution in [2.24, 2.45) is 0 Å². The summed E-state index contributed by atoms with van der Waals surface area (Å²) in [4.78, 5) is 7.84. The number of ether oxygens (including phenoxy) is 1. The molecule has 0 aromatic carbocycles. The maximum absolute atomic E-state index is 9.73. The van der Waals surface area contributed by atoms with E-state index >= 15 is 0 Å². The molecule has 0 bridgehead atoms. The molecule has 5 atom stereocenters. The highest BCUT2D eigenvalue weighted by atomic mass is 16.5. The number of rotatable bonds is 2. The summed E-state index contributed by atoms with van der Waals surface area (Å²) in [7, 11) is 0. The highest BCUT2D eigenvalue weighted by molar-refractivity contribution is 5.24. The molecule has 2 heterocycles. The maximum atomic E-state index is 9.73. The predicted octanol–water partition coefficient (Wildman–Crippen LogP) is -1.28. The van der Waals surface area contributed by atoms with Gasteiger partial charge in [-0.2, -0.15) is 0 Å². The lowest BCUT2D eigenvalue weighted by molar-refractivity contribution is -0.209. The fourth-order valence-corrected chi connectivity index (χ4v) is 1.67. The van der Waals surface area contributed by atoms with Crippen molar-refractivity contribution in [3.8, 4) is 0 Å². The van der Waals surface area contributed by atoms with Crippen LogP contribution in [0.3, 0.4) is 0 Å². The molecule has 1 saturated heterocycles. The zero-order valence-corrected chi connectivity index (χ0v) is 9.26. The van der Waals surface area contributed by atoms with Crippen molar-refractivity contribution in [1.82, 2.24) is 9.97 Å². The minimum Gasteiger partial charge on any atom is -0.388 e. The molecule has 0 amide bonds. The minimum absolute atomic E-state index is 0.285. The van der Waals surface area contributed by atoms with Gasteiger partial charge in [-0.15, -0.1) is 0 Å². The Hall–Kier alpha value is -1.28. The molecule has 7 heteroatoms. The van der Waals surface area contributed by atoms with Gasteiger partial charge in [-0.25, -0.2) is 9.97 Å². The SMILES string of the molecule is C[C@@H]1O[C@H](Nc2ncccn2)[C@H](O)[C@H](O)[C@H]1O. The molecule has 2 rings (SSSR count). The van der Waals surface area contributed by atoms with Gasteiger partial charge in [0, 0.05) is 12.4 Å². The molecule has 0 spiro atoms. The van der Waals surface area contributed by atoms with Crippen LogP contribution < -0.4 is 5.32 Å². The number of hydrogen-bond donors (Lipinski definition) is 4. The summed E-state index contributed by atoms with van der Waals surface area (Å²) in [5.74, 6) is 0.285. The monoisotopic (exact) mass is 241 g/mol. The molecule has 1 aromatic heterocycles. The van der Waals surface area contributed by atoms with Gasteiger partial charge in [0.2, 0.25) is 5.95 Å². The van der Waals surface area contributed by atoms with Crippen LogP contribution >= 0.6 is 0 Å². The second-order valence-electron chi connectivity index (χ2n) is 3.95. The molecular weight excluding hydrogens is 226 g/mol. The second kappa shape index (κ2) is 4.92. The summed E-state index contributed by atoms with van der Waals surface area (Å²) >= 11 is 0. The second-order valence-corrected chi connectivity index (χ2v) is 3.95. The predicted molar refractivity (Wildman–Crippen MR) is 58.0 cm³/mol. The Morgan fingerprint density at radius 2 is 1.76 bits per heavy atom. The van der Waals surface area contributed by atoms with Gasteiger partial charge in [-0.1, -0.05) is 0 Å². The normalized spacial score (nSPS) is 37.8.